The van der Waals surface area contributed by atoms with Gasteiger partial charge in [-0.25, -0.2) is 4.79 Å². The molecule has 3 aromatic rings. The fourth-order valence-electron chi connectivity index (χ4n) is 5.34. The molecule has 4 rings (SSSR count). The molecule has 0 saturated carbocycles. The summed E-state index contributed by atoms with van der Waals surface area (Å²) in [6.07, 6.45) is -0.302. The standard InChI is InChI=1S/C31H35N3O4/c1-20(2)28(30(36)33(3)27(29(32)35)18-21-12-6-5-7-13-21)34(4)31(37)38-19-26-24-16-10-8-14-22(24)23-15-9-11-17-25(23)26/h5-17,20,26-28H,18-19H2,1-4H3,(H2,32,35)/t27-,28-/m0/s1. The van der Waals surface area contributed by atoms with Crippen LogP contribution in [0.3, 0.4) is 0 Å². The third-order valence-electron chi connectivity index (χ3n) is 7.34. The van der Waals surface area contributed by atoms with Gasteiger partial charge in [0.1, 0.15) is 18.7 Å². The van der Waals surface area contributed by atoms with Gasteiger partial charge in [0.05, 0.1) is 0 Å². The molecule has 1 aliphatic carbocycles. The Morgan fingerprint density at radius 3 is 1.87 bits per heavy atom. The van der Waals surface area contributed by atoms with E-state index < -0.39 is 24.1 Å². The van der Waals surface area contributed by atoms with Gasteiger partial charge in [0.25, 0.3) is 0 Å². The normalized spacial score (nSPS) is 13.8. The zero-order valence-electron chi connectivity index (χ0n) is 22.3. The second-order valence-electron chi connectivity index (χ2n) is 10.2. The average molecular weight is 514 g/mol. The van der Waals surface area contributed by atoms with Crippen molar-refractivity contribution in [2.75, 3.05) is 20.7 Å². The monoisotopic (exact) mass is 513 g/mol. The van der Waals surface area contributed by atoms with Gasteiger partial charge in [-0.1, -0.05) is 92.7 Å². The molecule has 38 heavy (non-hydrogen) atoms. The van der Waals surface area contributed by atoms with E-state index >= 15 is 0 Å². The van der Waals surface area contributed by atoms with E-state index in [4.69, 9.17) is 10.5 Å². The highest BCUT2D eigenvalue weighted by Gasteiger charge is 2.37. The molecular weight excluding hydrogens is 478 g/mol. The Morgan fingerprint density at radius 2 is 1.34 bits per heavy atom. The molecule has 3 amide bonds. The number of carbonyl (C=O) groups excluding carboxylic acids is 3. The lowest BCUT2D eigenvalue weighted by atomic mass is 9.98. The molecule has 2 N–H and O–H groups in total. The highest BCUT2D eigenvalue weighted by molar-refractivity contribution is 5.91. The van der Waals surface area contributed by atoms with Gasteiger partial charge in [0, 0.05) is 26.4 Å². The molecule has 0 saturated heterocycles. The van der Waals surface area contributed by atoms with Gasteiger partial charge < -0.3 is 15.4 Å². The van der Waals surface area contributed by atoms with Crippen LogP contribution < -0.4 is 5.73 Å². The Balaban J connectivity index is 1.48. The Morgan fingerprint density at radius 1 is 0.816 bits per heavy atom. The van der Waals surface area contributed by atoms with Crippen LogP contribution in [-0.4, -0.2) is 60.5 Å². The van der Waals surface area contributed by atoms with Crippen LogP contribution in [0.2, 0.25) is 0 Å². The molecule has 0 heterocycles. The van der Waals surface area contributed by atoms with Crippen LogP contribution in [0.5, 0.6) is 0 Å². The summed E-state index contributed by atoms with van der Waals surface area (Å²) >= 11 is 0. The molecule has 7 heteroatoms. The van der Waals surface area contributed by atoms with Crippen molar-refractivity contribution in [2.45, 2.75) is 38.3 Å². The van der Waals surface area contributed by atoms with Crippen molar-refractivity contribution in [3.8, 4) is 11.1 Å². The van der Waals surface area contributed by atoms with Gasteiger partial charge in [-0.15, -0.1) is 0 Å². The van der Waals surface area contributed by atoms with E-state index in [1.807, 2.05) is 68.4 Å². The van der Waals surface area contributed by atoms with E-state index in [-0.39, 0.29) is 30.8 Å². The summed E-state index contributed by atoms with van der Waals surface area (Å²) in [6.45, 7) is 3.88. The number of rotatable bonds is 9. The van der Waals surface area contributed by atoms with E-state index in [0.29, 0.717) is 0 Å². The summed E-state index contributed by atoms with van der Waals surface area (Å²) in [5, 5.41) is 0. The molecule has 0 bridgehead atoms. The maximum Gasteiger partial charge on any atom is 0.410 e. The van der Waals surface area contributed by atoms with Crippen molar-refractivity contribution >= 4 is 17.9 Å². The third kappa shape index (κ3) is 5.42. The van der Waals surface area contributed by atoms with Crippen molar-refractivity contribution in [2.24, 2.45) is 11.7 Å². The number of nitrogens with zero attached hydrogens (tertiary/aromatic N) is 2. The number of carbonyl (C=O) groups is 3. The number of benzene rings is 3. The third-order valence-corrected chi connectivity index (χ3v) is 7.34. The maximum absolute atomic E-state index is 13.6. The largest absolute Gasteiger partial charge is 0.448 e. The molecule has 1 aliphatic rings. The molecule has 0 aromatic heterocycles. The Labute approximate surface area is 224 Å². The Kier molecular flexibility index (Phi) is 8.15. The number of likely N-dealkylation sites (N-methyl/N-ethyl adjacent to an activating group) is 2. The van der Waals surface area contributed by atoms with Gasteiger partial charge in [0.2, 0.25) is 11.8 Å². The van der Waals surface area contributed by atoms with Crippen LogP contribution >= 0.6 is 0 Å². The molecule has 0 spiro atoms. The van der Waals surface area contributed by atoms with Gasteiger partial charge in [-0.2, -0.15) is 0 Å². The summed E-state index contributed by atoms with van der Waals surface area (Å²) in [5.41, 5.74) is 11.1. The summed E-state index contributed by atoms with van der Waals surface area (Å²) in [5.74, 6) is -1.27. The number of ether oxygens (including phenoxy) is 1. The predicted molar refractivity (Wildman–Crippen MR) is 147 cm³/mol. The van der Waals surface area contributed by atoms with Crippen molar-refractivity contribution in [1.29, 1.82) is 0 Å². The fourth-order valence-corrected chi connectivity index (χ4v) is 5.34. The van der Waals surface area contributed by atoms with Crippen LogP contribution in [-0.2, 0) is 20.7 Å². The van der Waals surface area contributed by atoms with E-state index in [1.165, 1.54) is 9.80 Å². The first kappa shape index (κ1) is 26.9. The van der Waals surface area contributed by atoms with Crippen LogP contribution in [0.25, 0.3) is 11.1 Å². The summed E-state index contributed by atoms with van der Waals surface area (Å²) in [7, 11) is 3.12. The summed E-state index contributed by atoms with van der Waals surface area (Å²) in [6, 6.07) is 24.0. The van der Waals surface area contributed by atoms with Gasteiger partial charge in [-0.3, -0.25) is 14.5 Å². The van der Waals surface area contributed by atoms with Gasteiger partial charge >= 0.3 is 6.09 Å². The zero-order chi connectivity index (χ0) is 27.4. The second-order valence-corrected chi connectivity index (χ2v) is 10.2. The van der Waals surface area contributed by atoms with Crippen LogP contribution in [0.1, 0.15) is 36.5 Å². The quantitative estimate of drug-likeness (QED) is 0.458. The van der Waals surface area contributed by atoms with Crippen molar-refractivity contribution in [3.05, 3.63) is 95.6 Å². The molecular formula is C31H35N3O4. The molecule has 3 aromatic carbocycles. The predicted octanol–water partition coefficient (Wildman–Crippen LogP) is 4.45. The molecule has 7 nitrogen and oxygen atoms in total. The minimum Gasteiger partial charge on any atom is -0.448 e. The molecule has 0 aliphatic heterocycles. The van der Waals surface area contributed by atoms with Crippen molar-refractivity contribution in [1.82, 2.24) is 9.80 Å². The first-order chi connectivity index (χ1) is 18.2. The number of fused-ring (bicyclic) bond motifs is 3. The number of amides is 3. The molecule has 2 atom stereocenters. The average Bonchev–Trinajstić information content (AvgIpc) is 3.23. The van der Waals surface area contributed by atoms with E-state index in [1.54, 1.807) is 14.1 Å². The number of nitrogens with two attached hydrogens (primary N) is 1. The lowest BCUT2D eigenvalue weighted by Crippen LogP contribution is -2.56. The zero-order valence-corrected chi connectivity index (χ0v) is 22.3. The summed E-state index contributed by atoms with van der Waals surface area (Å²) in [4.78, 5) is 41.9. The fraction of sp³-hybridized carbons (Fsp3) is 0.323. The second kappa shape index (κ2) is 11.5. The topological polar surface area (TPSA) is 92.9 Å². The molecule has 0 fully saturated rings. The SMILES string of the molecule is CC(C)[C@@H](C(=O)N(C)[C@@H](Cc1ccccc1)C(N)=O)N(C)C(=O)OCC1c2ccccc2-c2ccccc21. The van der Waals surface area contributed by atoms with Crippen LogP contribution in [0.4, 0.5) is 4.79 Å². The maximum atomic E-state index is 13.6. The minimum atomic E-state index is -0.845. The lowest BCUT2D eigenvalue weighted by Gasteiger charge is -2.35. The van der Waals surface area contributed by atoms with Crippen molar-refractivity contribution in [3.63, 3.8) is 0 Å². The highest BCUT2D eigenvalue weighted by Crippen LogP contribution is 2.44. The minimum absolute atomic E-state index is 0.0826. The number of primary amides is 1. The smallest absolute Gasteiger partial charge is 0.410 e. The first-order valence-electron chi connectivity index (χ1n) is 12.9. The van der Waals surface area contributed by atoms with E-state index in [0.717, 1.165) is 27.8 Å². The van der Waals surface area contributed by atoms with E-state index in [2.05, 4.69) is 24.3 Å². The molecule has 0 radical (unpaired) electrons. The number of hydrogen-bond acceptors (Lipinski definition) is 4. The molecule has 198 valence electrons. The summed E-state index contributed by atoms with van der Waals surface area (Å²) < 4.78 is 5.79. The Bertz CT molecular complexity index is 1260. The van der Waals surface area contributed by atoms with Crippen molar-refractivity contribution < 1.29 is 19.1 Å². The van der Waals surface area contributed by atoms with Gasteiger partial charge in [-0.05, 0) is 33.7 Å². The number of hydrogen-bond donors (Lipinski definition) is 1. The van der Waals surface area contributed by atoms with E-state index in [9.17, 15) is 14.4 Å². The van der Waals surface area contributed by atoms with Gasteiger partial charge in [0.15, 0.2) is 0 Å². The lowest BCUT2D eigenvalue weighted by molar-refractivity contribution is -0.142. The first-order valence-corrected chi connectivity index (χ1v) is 12.9. The highest BCUT2D eigenvalue weighted by atomic mass is 16.6. The van der Waals surface area contributed by atoms with Crippen LogP contribution in [0, 0.1) is 5.92 Å². The Hall–Kier alpha value is -4.13. The molecule has 0 unspecified atom stereocenters. The van der Waals surface area contributed by atoms with Crippen LogP contribution in [0.15, 0.2) is 78.9 Å².